The van der Waals surface area contributed by atoms with Crippen LogP contribution in [-0.4, -0.2) is 10.2 Å². The third-order valence-electron chi connectivity index (χ3n) is 4.14. The van der Waals surface area contributed by atoms with Crippen LogP contribution in [0.15, 0.2) is 23.6 Å². The van der Waals surface area contributed by atoms with Gasteiger partial charge in [0.1, 0.15) is 6.07 Å². The van der Waals surface area contributed by atoms with Crippen molar-refractivity contribution in [3.63, 3.8) is 0 Å². The van der Waals surface area contributed by atoms with Gasteiger partial charge in [0.2, 0.25) is 11.8 Å². The third-order valence-corrected chi connectivity index (χ3v) is 4.14. The summed E-state index contributed by atoms with van der Waals surface area (Å²) in [5.41, 5.74) is 8.48. The molecule has 20 heavy (non-hydrogen) atoms. The highest BCUT2D eigenvalue weighted by Gasteiger charge is 2.37. The molecule has 0 amide bonds. The zero-order valence-electron chi connectivity index (χ0n) is 11.5. The molecule has 5 nitrogen and oxygen atoms in total. The molecule has 0 unspecified atom stereocenters. The first-order chi connectivity index (χ1) is 9.76. The van der Waals surface area contributed by atoms with Crippen LogP contribution >= 0.6 is 0 Å². The number of allylic oxidation sites excluding steroid dienone is 3. The van der Waals surface area contributed by atoms with Gasteiger partial charge in [-0.3, -0.25) is 5.10 Å². The maximum atomic E-state index is 9.47. The summed E-state index contributed by atoms with van der Waals surface area (Å²) in [6, 6.07) is 2.24. The highest BCUT2D eigenvalue weighted by atomic mass is 16.5. The van der Waals surface area contributed by atoms with Crippen molar-refractivity contribution in [2.24, 2.45) is 11.7 Å². The topological polar surface area (TPSA) is 87.7 Å². The van der Waals surface area contributed by atoms with Gasteiger partial charge in [-0.15, -0.1) is 5.10 Å². The minimum absolute atomic E-state index is 0.0333. The number of H-pyrrole nitrogens is 1. The van der Waals surface area contributed by atoms with Gasteiger partial charge in [0.15, 0.2) is 0 Å². The predicted octanol–water partition coefficient (Wildman–Crippen LogP) is 2.50. The summed E-state index contributed by atoms with van der Waals surface area (Å²) in [6.07, 6.45) is 8.55. The lowest BCUT2D eigenvalue weighted by atomic mass is 9.75. The molecule has 0 aromatic carbocycles. The molecule has 0 radical (unpaired) electrons. The number of fused-ring (bicyclic) bond motifs is 1. The minimum Gasteiger partial charge on any atom is -0.420 e. The lowest BCUT2D eigenvalue weighted by Gasteiger charge is -2.30. The number of nitrogens with one attached hydrogen (secondary N) is 1. The minimum atomic E-state index is -0.0333. The Balaban J connectivity index is 2.12. The molecule has 0 fully saturated rings. The van der Waals surface area contributed by atoms with Gasteiger partial charge in [0.25, 0.3) is 0 Å². The fourth-order valence-corrected chi connectivity index (χ4v) is 3.16. The van der Waals surface area contributed by atoms with Gasteiger partial charge in [-0.2, -0.15) is 5.26 Å². The van der Waals surface area contributed by atoms with Crippen LogP contribution in [0.4, 0.5) is 0 Å². The number of ether oxygens (including phenoxy) is 1. The Morgan fingerprint density at radius 1 is 1.60 bits per heavy atom. The molecule has 0 saturated heterocycles. The Hall–Kier alpha value is -2.22. The van der Waals surface area contributed by atoms with E-state index in [4.69, 9.17) is 10.5 Å². The lowest BCUT2D eigenvalue weighted by molar-refractivity contribution is 0.354. The van der Waals surface area contributed by atoms with E-state index < -0.39 is 0 Å². The van der Waals surface area contributed by atoms with Crippen LogP contribution in [-0.2, 0) is 6.42 Å². The molecule has 5 heteroatoms. The van der Waals surface area contributed by atoms with E-state index in [1.807, 2.05) is 0 Å². The average molecular weight is 270 g/mol. The maximum absolute atomic E-state index is 9.47. The molecule has 0 bridgehead atoms. The summed E-state index contributed by atoms with van der Waals surface area (Å²) in [4.78, 5) is 0. The zero-order valence-corrected chi connectivity index (χ0v) is 11.5. The summed E-state index contributed by atoms with van der Waals surface area (Å²) >= 11 is 0. The van der Waals surface area contributed by atoms with Gasteiger partial charge in [-0.1, -0.05) is 19.1 Å². The SMILES string of the molecule is CCc1[nH]nc2c1[C@@H]([C@@H]1C=CCCC1)C(C#N)=C(N)O2. The number of aromatic amines is 1. The summed E-state index contributed by atoms with van der Waals surface area (Å²) in [6.45, 7) is 2.06. The average Bonchev–Trinajstić information content (AvgIpc) is 2.89. The number of rotatable bonds is 2. The monoisotopic (exact) mass is 270 g/mol. The molecule has 3 N–H and O–H groups in total. The summed E-state index contributed by atoms with van der Waals surface area (Å²) in [7, 11) is 0. The van der Waals surface area contributed by atoms with Gasteiger partial charge in [0.05, 0.1) is 5.57 Å². The van der Waals surface area contributed by atoms with Crippen LogP contribution in [0.25, 0.3) is 0 Å². The first kappa shape index (κ1) is 12.8. The quantitative estimate of drug-likeness (QED) is 0.808. The summed E-state index contributed by atoms with van der Waals surface area (Å²) in [5.74, 6) is 0.983. The van der Waals surface area contributed by atoms with Gasteiger partial charge in [0, 0.05) is 17.2 Å². The van der Waals surface area contributed by atoms with Crippen molar-refractivity contribution in [2.45, 2.75) is 38.5 Å². The Morgan fingerprint density at radius 3 is 3.10 bits per heavy atom. The molecule has 104 valence electrons. The zero-order chi connectivity index (χ0) is 14.1. The van der Waals surface area contributed by atoms with Gasteiger partial charge in [-0.05, 0) is 31.6 Å². The molecule has 0 saturated carbocycles. The first-order valence-electron chi connectivity index (χ1n) is 7.07. The fraction of sp³-hybridized carbons (Fsp3) is 0.467. The molecule has 0 spiro atoms. The van der Waals surface area contributed by atoms with Crippen molar-refractivity contribution >= 4 is 0 Å². The van der Waals surface area contributed by atoms with E-state index in [1.165, 1.54) is 0 Å². The largest absolute Gasteiger partial charge is 0.420 e. The molecular formula is C15H18N4O. The summed E-state index contributed by atoms with van der Waals surface area (Å²) < 4.78 is 5.51. The number of hydrogen-bond acceptors (Lipinski definition) is 4. The van der Waals surface area contributed by atoms with E-state index in [-0.39, 0.29) is 11.8 Å². The Labute approximate surface area is 118 Å². The van der Waals surface area contributed by atoms with E-state index in [0.29, 0.717) is 17.4 Å². The molecule has 3 rings (SSSR count). The second-order valence-corrected chi connectivity index (χ2v) is 5.27. The standard InChI is InChI=1S/C15H18N4O/c1-2-11-13-12(9-6-4-3-5-7-9)10(8-16)14(17)20-15(13)19-18-11/h4,6,9,12H,2-3,5,7,17H2,1H3,(H,18,19)/t9-,12+/m1/s1. The van der Waals surface area contributed by atoms with Gasteiger partial charge < -0.3 is 10.5 Å². The van der Waals surface area contributed by atoms with E-state index in [0.717, 1.165) is 36.9 Å². The fourth-order valence-electron chi connectivity index (χ4n) is 3.16. The van der Waals surface area contributed by atoms with Crippen molar-refractivity contribution in [1.82, 2.24) is 10.2 Å². The van der Waals surface area contributed by atoms with Crippen LogP contribution in [0.3, 0.4) is 0 Å². The first-order valence-corrected chi connectivity index (χ1v) is 7.07. The van der Waals surface area contributed by atoms with E-state index >= 15 is 0 Å². The normalized spacial score (nSPS) is 25.0. The molecule has 1 aliphatic heterocycles. The van der Waals surface area contributed by atoms with Crippen LogP contribution in [0.1, 0.15) is 43.4 Å². The summed E-state index contributed by atoms with van der Waals surface area (Å²) in [5, 5.41) is 16.7. The van der Waals surface area contributed by atoms with Gasteiger partial charge >= 0.3 is 0 Å². The highest BCUT2D eigenvalue weighted by Crippen LogP contribution is 2.45. The van der Waals surface area contributed by atoms with E-state index in [9.17, 15) is 5.26 Å². The molecule has 1 aliphatic carbocycles. The Morgan fingerprint density at radius 2 is 2.45 bits per heavy atom. The van der Waals surface area contributed by atoms with Crippen LogP contribution in [0.2, 0.25) is 0 Å². The molecular weight excluding hydrogens is 252 g/mol. The number of aryl methyl sites for hydroxylation is 1. The van der Waals surface area contributed by atoms with Crippen molar-refractivity contribution in [3.8, 4) is 11.9 Å². The number of nitrogens with zero attached hydrogens (tertiary/aromatic N) is 2. The second-order valence-electron chi connectivity index (χ2n) is 5.27. The van der Waals surface area contributed by atoms with Crippen molar-refractivity contribution < 1.29 is 4.74 Å². The number of nitriles is 1. The molecule has 2 atom stereocenters. The Bertz CT molecular complexity index is 620. The predicted molar refractivity (Wildman–Crippen MR) is 74.6 cm³/mol. The van der Waals surface area contributed by atoms with Crippen molar-refractivity contribution in [3.05, 3.63) is 34.9 Å². The maximum Gasteiger partial charge on any atom is 0.243 e. The van der Waals surface area contributed by atoms with E-state index in [1.54, 1.807) is 0 Å². The van der Waals surface area contributed by atoms with Crippen molar-refractivity contribution in [1.29, 1.82) is 5.26 Å². The molecule has 2 aliphatic rings. The highest BCUT2D eigenvalue weighted by molar-refractivity contribution is 5.50. The van der Waals surface area contributed by atoms with Crippen LogP contribution < -0.4 is 10.5 Å². The van der Waals surface area contributed by atoms with Crippen LogP contribution in [0, 0.1) is 17.2 Å². The number of nitrogens with two attached hydrogens (primary N) is 1. The smallest absolute Gasteiger partial charge is 0.243 e. The Kier molecular flexibility index (Phi) is 3.23. The lowest BCUT2D eigenvalue weighted by Crippen LogP contribution is -2.25. The second kappa shape index (κ2) is 5.04. The van der Waals surface area contributed by atoms with E-state index in [2.05, 4.69) is 35.3 Å². The number of hydrogen-bond donors (Lipinski definition) is 2. The molecule has 1 aromatic rings. The van der Waals surface area contributed by atoms with Crippen molar-refractivity contribution in [2.75, 3.05) is 0 Å². The number of aromatic nitrogens is 2. The van der Waals surface area contributed by atoms with Crippen LogP contribution in [0.5, 0.6) is 5.88 Å². The molecule has 2 heterocycles. The van der Waals surface area contributed by atoms with Gasteiger partial charge in [-0.25, -0.2) is 0 Å². The third kappa shape index (κ3) is 1.88. The molecule has 1 aromatic heterocycles.